The highest BCUT2D eigenvalue weighted by Gasteiger charge is 2.47. The van der Waals surface area contributed by atoms with E-state index in [1.54, 1.807) is 29.4 Å². The van der Waals surface area contributed by atoms with Gasteiger partial charge in [0.15, 0.2) is 0 Å². The molecule has 1 aromatic heterocycles. The van der Waals surface area contributed by atoms with Crippen LogP contribution in [-0.2, 0) is 16.1 Å². The van der Waals surface area contributed by atoms with E-state index in [1.165, 1.54) is 4.90 Å². The van der Waals surface area contributed by atoms with Gasteiger partial charge in [-0.05, 0) is 68.1 Å². The van der Waals surface area contributed by atoms with E-state index in [9.17, 15) is 14.4 Å². The van der Waals surface area contributed by atoms with Crippen LogP contribution in [0, 0.1) is 13.8 Å². The van der Waals surface area contributed by atoms with Crippen LogP contribution in [0.2, 0.25) is 0 Å². The Morgan fingerprint density at radius 2 is 1.97 bits per heavy atom. The third-order valence-corrected chi connectivity index (χ3v) is 6.12. The number of carbonyl (C=O) groups excluding carboxylic acids is 3. The lowest BCUT2D eigenvalue weighted by Gasteiger charge is -2.46. The Kier molecular flexibility index (Phi) is 5.99. The van der Waals surface area contributed by atoms with Crippen molar-refractivity contribution >= 4 is 23.5 Å². The first-order valence-corrected chi connectivity index (χ1v) is 10.6. The molecule has 2 unspecified atom stereocenters. The molecule has 4 rings (SSSR count). The first-order chi connectivity index (χ1) is 15.0. The Hall–Kier alpha value is -3.26. The minimum Gasteiger partial charge on any atom is -0.324 e. The molecule has 0 bridgehead atoms. The van der Waals surface area contributed by atoms with Crippen LogP contribution in [0.4, 0.5) is 10.5 Å². The van der Waals surface area contributed by atoms with Gasteiger partial charge in [0.05, 0.1) is 12.6 Å². The third kappa shape index (κ3) is 4.29. The number of nitrogens with one attached hydrogen (secondary N) is 2. The molecule has 31 heavy (non-hydrogen) atoms. The largest absolute Gasteiger partial charge is 0.327 e. The molecular formula is C23H27N5O3. The van der Waals surface area contributed by atoms with E-state index in [0.29, 0.717) is 13.0 Å². The summed E-state index contributed by atoms with van der Waals surface area (Å²) in [6.45, 7) is 4.70. The second kappa shape index (κ2) is 8.85. The molecule has 8 heteroatoms. The van der Waals surface area contributed by atoms with E-state index >= 15 is 0 Å². The molecule has 2 N–H and O–H groups in total. The summed E-state index contributed by atoms with van der Waals surface area (Å²) in [5.74, 6) is -0.512. The van der Waals surface area contributed by atoms with Crippen molar-refractivity contribution in [2.75, 3.05) is 18.4 Å². The monoisotopic (exact) mass is 421 g/mol. The number of piperidine rings is 1. The SMILES string of the molecule is Cc1cccc(NC(=O)CN2C(=O)N(Cc3ccncc3)C(=O)C3NCCCC32)c1C. The van der Waals surface area contributed by atoms with Crippen LogP contribution >= 0.6 is 0 Å². The number of pyridine rings is 1. The number of aryl methyl sites for hydroxylation is 1. The molecule has 2 fully saturated rings. The minimum absolute atomic E-state index is 0.102. The second-order valence-electron chi connectivity index (χ2n) is 8.13. The molecular weight excluding hydrogens is 394 g/mol. The maximum absolute atomic E-state index is 13.3. The molecule has 2 aliphatic rings. The van der Waals surface area contributed by atoms with E-state index in [2.05, 4.69) is 15.6 Å². The van der Waals surface area contributed by atoms with Gasteiger partial charge in [-0.2, -0.15) is 0 Å². The van der Waals surface area contributed by atoms with Gasteiger partial charge in [0, 0.05) is 18.1 Å². The quantitative estimate of drug-likeness (QED) is 0.772. The highest BCUT2D eigenvalue weighted by Crippen LogP contribution is 2.26. The number of nitrogens with zero attached hydrogens (tertiary/aromatic N) is 3. The molecule has 2 atom stereocenters. The molecule has 2 aromatic rings. The fourth-order valence-electron chi connectivity index (χ4n) is 4.25. The van der Waals surface area contributed by atoms with Crippen molar-refractivity contribution in [3.05, 3.63) is 59.4 Å². The summed E-state index contributed by atoms with van der Waals surface area (Å²) < 4.78 is 0. The molecule has 0 aliphatic carbocycles. The molecule has 162 valence electrons. The van der Waals surface area contributed by atoms with Crippen molar-refractivity contribution in [1.82, 2.24) is 20.1 Å². The van der Waals surface area contributed by atoms with Gasteiger partial charge in [0.1, 0.15) is 12.6 Å². The number of hydrogen-bond donors (Lipinski definition) is 2. The lowest BCUT2D eigenvalue weighted by atomic mass is 9.93. The van der Waals surface area contributed by atoms with Crippen molar-refractivity contribution < 1.29 is 14.4 Å². The zero-order valence-electron chi connectivity index (χ0n) is 17.8. The predicted octanol–water partition coefficient (Wildman–Crippen LogP) is 2.22. The average molecular weight is 422 g/mol. The van der Waals surface area contributed by atoms with E-state index in [0.717, 1.165) is 28.8 Å². The van der Waals surface area contributed by atoms with Crippen molar-refractivity contribution in [1.29, 1.82) is 0 Å². The van der Waals surface area contributed by atoms with Crippen molar-refractivity contribution in [2.45, 2.75) is 45.3 Å². The predicted molar refractivity (Wildman–Crippen MR) is 116 cm³/mol. The maximum Gasteiger partial charge on any atom is 0.327 e. The zero-order valence-corrected chi connectivity index (χ0v) is 17.8. The topological polar surface area (TPSA) is 94.6 Å². The number of imide groups is 1. The first-order valence-electron chi connectivity index (χ1n) is 10.6. The molecule has 8 nitrogen and oxygen atoms in total. The molecule has 0 radical (unpaired) electrons. The molecule has 2 saturated heterocycles. The van der Waals surface area contributed by atoms with Crippen LogP contribution in [0.15, 0.2) is 42.7 Å². The minimum atomic E-state index is -0.498. The van der Waals surface area contributed by atoms with E-state index < -0.39 is 12.1 Å². The Bertz CT molecular complexity index is 994. The Morgan fingerprint density at radius 3 is 2.74 bits per heavy atom. The molecule has 0 saturated carbocycles. The number of urea groups is 1. The van der Waals surface area contributed by atoms with Crippen LogP contribution in [0.3, 0.4) is 0 Å². The van der Waals surface area contributed by atoms with Crippen molar-refractivity contribution in [2.24, 2.45) is 0 Å². The van der Waals surface area contributed by atoms with Crippen LogP contribution in [0.25, 0.3) is 0 Å². The highest BCUT2D eigenvalue weighted by atomic mass is 16.2. The zero-order chi connectivity index (χ0) is 22.0. The van der Waals surface area contributed by atoms with Gasteiger partial charge in [0.2, 0.25) is 11.8 Å². The molecule has 2 aliphatic heterocycles. The van der Waals surface area contributed by atoms with Gasteiger partial charge in [-0.15, -0.1) is 0 Å². The normalized spacial score (nSPS) is 21.1. The Labute approximate surface area is 181 Å². The van der Waals surface area contributed by atoms with Crippen molar-refractivity contribution in [3.63, 3.8) is 0 Å². The lowest BCUT2D eigenvalue weighted by molar-refractivity contribution is -0.138. The number of anilines is 1. The summed E-state index contributed by atoms with van der Waals surface area (Å²) in [4.78, 5) is 46.0. The highest BCUT2D eigenvalue weighted by molar-refractivity contribution is 6.03. The van der Waals surface area contributed by atoms with Crippen molar-refractivity contribution in [3.8, 4) is 0 Å². The van der Waals surface area contributed by atoms with Gasteiger partial charge in [-0.25, -0.2) is 4.79 Å². The maximum atomic E-state index is 13.3. The van der Waals surface area contributed by atoms with E-state index in [4.69, 9.17) is 0 Å². The van der Waals surface area contributed by atoms with Crippen LogP contribution < -0.4 is 10.6 Å². The van der Waals surface area contributed by atoms with Crippen LogP contribution in [0.1, 0.15) is 29.5 Å². The second-order valence-corrected chi connectivity index (χ2v) is 8.13. The Morgan fingerprint density at radius 1 is 1.19 bits per heavy atom. The Balaban J connectivity index is 1.55. The van der Waals surface area contributed by atoms with Gasteiger partial charge in [-0.1, -0.05) is 12.1 Å². The summed E-state index contributed by atoms with van der Waals surface area (Å²) in [5, 5.41) is 6.17. The summed E-state index contributed by atoms with van der Waals surface area (Å²) in [7, 11) is 0. The number of carbonyl (C=O) groups is 3. The number of hydrogen-bond acceptors (Lipinski definition) is 5. The van der Waals surface area contributed by atoms with Gasteiger partial charge >= 0.3 is 6.03 Å². The fourth-order valence-corrected chi connectivity index (χ4v) is 4.25. The first kappa shape index (κ1) is 21.0. The molecule has 3 heterocycles. The lowest BCUT2D eigenvalue weighted by Crippen LogP contribution is -2.70. The average Bonchev–Trinajstić information content (AvgIpc) is 2.78. The standard InChI is InChI=1S/C23H27N5O3/c1-15-5-3-6-18(16(15)2)26-20(29)14-27-19-7-4-10-25-21(19)22(30)28(23(27)31)13-17-8-11-24-12-9-17/h3,5-6,8-9,11-12,19,21,25H,4,7,10,13-14H2,1-2H3,(H,26,29). The van der Waals surface area contributed by atoms with Crippen LogP contribution in [0.5, 0.6) is 0 Å². The summed E-state index contributed by atoms with van der Waals surface area (Å²) >= 11 is 0. The summed E-state index contributed by atoms with van der Waals surface area (Å²) in [6, 6.07) is 8.02. The fraction of sp³-hybridized carbons (Fsp3) is 0.391. The molecule has 4 amide bonds. The number of rotatable bonds is 5. The number of aromatic nitrogens is 1. The summed E-state index contributed by atoms with van der Waals surface area (Å²) in [6.07, 6.45) is 4.80. The summed E-state index contributed by atoms with van der Waals surface area (Å²) in [5.41, 5.74) is 3.62. The molecule has 1 aromatic carbocycles. The van der Waals surface area contributed by atoms with E-state index in [1.807, 2.05) is 32.0 Å². The smallest absolute Gasteiger partial charge is 0.324 e. The van der Waals surface area contributed by atoms with Gasteiger partial charge < -0.3 is 15.5 Å². The van der Waals surface area contributed by atoms with Crippen LogP contribution in [-0.4, -0.2) is 57.8 Å². The van der Waals surface area contributed by atoms with E-state index in [-0.39, 0.29) is 30.9 Å². The third-order valence-electron chi connectivity index (χ3n) is 6.12. The van der Waals surface area contributed by atoms with Gasteiger partial charge in [-0.3, -0.25) is 19.5 Å². The number of fused-ring (bicyclic) bond motifs is 1. The van der Waals surface area contributed by atoms with Gasteiger partial charge in [0.25, 0.3) is 0 Å². The number of benzene rings is 1. The molecule has 0 spiro atoms. The number of amides is 4.